The molecule has 0 unspecified atom stereocenters. The van der Waals surface area contributed by atoms with Gasteiger partial charge in [-0.1, -0.05) is 18.2 Å². The highest BCUT2D eigenvalue weighted by molar-refractivity contribution is 7.10. The van der Waals surface area contributed by atoms with E-state index in [9.17, 15) is 4.79 Å². The lowest BCUT2D eigenvalue weighted by molar-refractivity contribution is 0.0994. The van der Waals surface area contributed by atoms with E-state index < -0.39 is 0 Å². The number of carbonyl (C=O) groups is 1. The van der Waals surface area contributed by atoms with Gasteiger partial charge < -0.3 is 5.32 Å². The molecule has 1 aromatic heterocycles. The fraction of sp³-hybridized carbons (Fsp3) is 0.214. The van der Waals surface area contributed by atoms with Gasteiger partial charge in [-0.25, -0.2) is 0 Å². The van der Waals surface area contributed by atoms with Gasteiger partial charge in [-0.05, 0) is 29.5 Å². The summed E-state index contributed by atoms with van der Waals surface area (Å²) in [7, 11) is 0. The highest BCUT2D eigenvalue weighted by Crippen LogP contribution is 2.24. The van der Waals surface area contributed by atoms with E-state index in [0.29, 0.717) is 6.42 Å². The maximum Gasteiger partial charge on any atom is 0.168 e. The van der Waals surface area contributed by atoms with Crippen molar-refractivity contribution in [2.24, 2.45) is 0 Å². The van der Waals surface area contributed by atoms with Gasteiger partial charge >= 0.3 is 0 Å². The molecule has 0 atom stereocenters. The van der Waals surface area contributed by atoms with Gasteiger partial charge in [0.15, 0.2) is 5.78 Å². The number of anilines is 1. The molecule has 0 radical (unpaired) electrons. The number of nitrogens with one attached hydrogen (secondary N) is 1. The van der Waals surface area contributed by atoms with Crippen LogP contribution in [0.1, 0.15) is 20.8 Å². The molecule has 3 rings (SSSR count). The second-order valence-corrected chi connectivity index (χ2v) is 5.26. The summed E-state index contributed by atoms with van der Waals surface area (Å²) >= 11 is 1.63. The third kappa shape index (κ3) is 2.11. The minimum absolute atomic E-state index is 0.198. The van der Waals surface area contributed by atoms with E-state index in [1.807, 2.05) is 29.6 Å². The lowest BCUT2D eigenvalue weighted by Crippen LogP contribution is -2.02. The molecule has 2 heterocycles. The van der Waals surface area contributed by atoms with Gasteiger partial charge in [0.2, 0.25) is 0 Å². The molecule has 0 bridgehead atoms. The van der Waals surface area contributed by atoms with E-state index in [0.717, 1.165) is 29.1 Å². The molecular weight excluding hydrogens is 230 g/mol. The van der Waals surface area contributed by atoms with Gasteiger partial charge in [-0.15, -0.1) is 11.3 Å². The number of fused-ring (bicyclic) bond motifs is 1. The fourth-order valence-electron chi connectivity index (χ4n) is 2.14. The summed E-state index contributed by atoms with van der Waals surface area (Å²) in [6.07, 6.45) is 1.57. The molecule has 0 fully saturated rings. The number of benzene rings is 1. The highest BCUT2D eigenvalue weighted by atomic mass is 32.1. The molecular formula is C14H13NOS. The van der Waals surface area contributed by atoms with Gasteiger partial charge in [0, 0.05) is 29.1 Å². The van der Waals surface area contributed by atoms with Crippen molar-refractivity contribution in [3.8, 4) is 0 Å². The Balaban J connectivity index is 1.82. The maximum absolute atomic E-state index is 12.1. The van der Waals surface area contributed by atoms with Crippen LogP contribution in [0.15, 0.2) is 35.7 Å². The molecule has 0 spiro atoms. The average Bonchev–Trinajstić information content (AvgIpc) is 2.97. The molecule has 1 N–H and O–H groups in total. The van der Waals surface area contributed by atoms with Crippen molar-refractivity contribution >= 4 is 22.8 Å². The zero-order valence-electron chi connectivity index (χ0n) is 9.40. The third-order valence-electron chi connectivity index (χ3n) is 3.06. The maximum atomic E-state index is 12.1. The standard InChI is InChI=1S/C14H13NOS/c16-14(9-12-2-1-7-17-12)11-4-3-10-5-6-15-13(10)8-11/h1-4,7-8,15H,5-6,9H2. The minimum atomic E-state index is 0.198. The van der Waals surface area contributed by atoms with Crippen LogP contribution in [0.2, 0.25) is 0 Å². The Morgan fingerprint density at radius 1 is 1.35 bits per heavy atom. The van der Waals surface area contributed by atoms with Crippen LogP contribution in [-0.4, -0.2) is 12.3 Å². The first-order chi connectivity index (χ1) is 8.33. The Morgan fingerprint density at radius 3 is 3.12 bits per heavy atom. The first-order valence-corrected chi connectivity index (χ1v) is 6.63. The number of Topliss-reactive ketones (excluding diaryl/α,β-unsaturated/α-hetero) is 1. The smallest absolute Gasteiger partial charge is 0.168 e. The Labute approximate surface area is 104 Å². The number of carbonyl (C=O) groups excluding carboxylic acids is 1. The summed E-state index contributed by atoms with van der Waals surface area (Å²) < 4.78 is 0. The predicted molar refractivity (Wildman–Crippen MR) is 71.0 cm³/mol. The molecule has 86 valence electrons. The Bertz CT molecular complexity index is 545. The van der Waals surface area contributed by atoms with E-state index in [4.69, 9.17) is 0 Å². The second-order valence-electron chi connectivity index (χ2n) is 4.23. The van der Waals surface area contributed by atoms with Gasteiger partial charge in [-0.3, -0.25) is 4.79 Å². The first kappa shape index (κ1) is 10.5. The minimum Gasteiger partial charge on any atom is -0.384 e. The monoisotopic (exact) mass is 243 g/mol. The third-order valence-corrected chi connectivity index (χ3v) is 3.93. The molecule has 2 aromatic rings. The number of hydrogen-bond acceptors (Lipinski definition) is 3. The molecule has 0 saturated carbocycles. The number of thiophene rings is 1. The average molecular weight is 243 g/mol. The summed E-state index contributed by atoms with van der Waals surface area (Å²) in [5, 5.41) is 5.31. The van der Waals surface area contributed by atoms with E-state index in [2.05, 4.69) is 11.4 Å². The van der Waals surface area contributed by atoms with E-state index in [1.165, 1.54) is 5.56 Å². The van der Waals surface area contributed by atoms with E-state index in [-0.39, 0.29) is 5.78 Å². The summed E-state index contributed by atoms with van der Waals surface area (Å²) in [5.74, 6) is 0.198. The summed E-state index contributed by atoms with van der Waals surface area (Å²) in [5.41, 5.74) is 3.26. The van der Waals surface area contributed by atoms with Crippen LogP contribution in [-0.2, 0) is 12.8 Å². The van der Waals surface area contributed by atoms with Gasteiger partial charge in [0.25, 0.3) is 0 Å². The van der Waals surface area contributed by atoms with E-state index in [1.54, 1.807) is 11.3 Å². The van der Waals surface area contributed by atoms with Crippen molar-refractivity contribution < 1.29 is 4.79 Å². The van der Waals surface area contributed by atoms with Crippen molar-refractivity contribution in [3.63, 3.8) is 0 Å². The zero-order valence-corrected chi connectivity index (χ0v) is 10.2. The van der Waals surface area contributed by atoms with Gasteiger partial charge in [-0.2, -0.15) is 0 Å². The van der Waals surface area contributed by atoms with Crippen molar-refractivity contribution in [1.29, 1.82) is 0 Å². The molecule has 0 amide bonds. The lowest BCUT2D eigenvalue weighted by atomic mass is 10.0. The van der Waals surface area contributed by atoms with Gasteiger partial charge in [0.1, 0.15) is 0 Å². The molecule has 3 heteroatoms. The molecule has 1 aliphatic rings. The quantitative estimate of drug-likeness (QED) is 0.839. The number of ketones is 1. The zero-order chi connectivity index (χ0) is 11.7. The molecule has 17 heavy (non-hydrogen) atoms. The summed E-state index contributed by atoms with van der Waals surface area (Å²) in [6, 6.07) is 9.99. The Kier molecular flexibility index (Phi) is 2.69. The molecule has 0 aliphatic carbocycles. The van der Waals surface area contributed by atoms with Crippen LogP contribution in [0.3, 0.4) is 0 Å². The van der Waals surface area contributed by atoms with Crippen LogP contribution in [0.4, 0.5) is 5.69 Å². The normalized spacial score (nSPS) is 13.2. The first-order valence-electron chi connectivity index (χ1n) is 5.75. The Morgan fingerprint density at radius 2 is 2.29 bits per heavy atom. The van der Waals surface area contributed by atoms with Crippen LogP contribution in [0, 0.1) is 0 Å². The van der Waals surface area contributed by atoms with E-state index >= 15 is 0 Å². The highest BCUT2D eigenvalue weighted by Gasteiger charge is 2.13. The summed E-state index contributed by atoms with van der Waals surface area (Å²) in [6.45, 7) is 0.984. The SMILES string of the molecule is O=C(Cc1cccs1)c1ccc2c(c1)NCC2. The van der Waals surface area contributed by atoms with Crippen LogP contribution in [0.25, 0.3) is 0 Å². The van der Waals surface area contributed by atoms with Crippen molar-refractivity contribution in [3.05, 3.63) is 51.7 Å². The van der Waals surface area contributed by atoms with Gasteiger partial charge in [0.05, 0.1) is 0 Å². The number of rotatable bonds is 3. The van der Waals surface area contributed by atoms with Crippen molar-refractivity contribution in [2.45, 2.75) is 12.8 Å². The largest absolute Gasteiger partial charge is 0.384 e. The summed E-state index contributed by atoms with van der Waals surface area (Å²) in [4.78, 5) is 13.2. The van der Waals surface area contributed by atoms with Crippen molar-refractivity contribution in [1.82, 2.24) is 0 Å². The topological polar surface area (TPSA) is 29.1 Å². The van der Waals surface area contributed by atoms with Crippen LogP contribution < -0.4 is 5.32 Å². The Hall–Kier alpha value is -1.61. The van der Waals surface area contributed by atoms with Crippen LogP contribution in [0.5, 0.6) is 0 Å². The second kappa shape index (κ2) is 4.34. The molecule has 1 aromatic carbocycles. The van der Waals surface area contributed by atoms with Crippen molar-refractivity contribution in [2.75, 3.05) is 11.9 Å². The molecule has 2 nitrogen and oxygen atoms in total. The molecule has 0 saturated heterocycles. The lowest BCUT2D eigenvalue weighted by Gasteiger charge is -2.03. The fourth-order valence-corrected chi connectivity index (χ4v) is 2.84. The number of hydrogen-bond donors (Lipinski definition) is 1. The molecule has 1 aliphatic heterocycles. The predicted octanol–water partition coefficient (Wildman–Crippen LogP) is 3.14. The van der Waals surface area contributed by atoms with Crippen LogP contribution >= 0.6 is 11.3 Å².